The fourth-order valence-electron chi connectivity index (χ4n) is 2.14. The van der Waals surface area contributed by atoms with Crippen LogP contribution in [0.5, 0.6) is 0 Å². The zero-order chi connectivity index (χ0) is 13.5. The van der Waals surface area contributed by atoms with Crippen LogP contribution in [0.4, 0.5) is 4.79 Å². The van der Waals surface area contributed by atoms with Gasteiger partial charge in [-0.1, -0.05) is 6.42 Å². The summed E-state index contributed by atoms with van der Waals surface area (Å²) in [6.45, 7) is 0.242. The third kappa shape index (κ3) is 4.23. The molecule has 0 saturated heterocycles. The van der Waals surface area contributed by atoms with Crippen molar-refractivity contribution in [1.29, 1.82) is 0 Å². The van der Waals surface area contributed by atoms with Gasteiger partial charge in [-0.05, 0) is 18.8 Å². The van der Waals surface area contributed by atoms with Crippen molar-refractivity contribution in [3.63, 3.8) is 0 Å². The van der Waals surface area contributed by atoms with Gasteiger partial charge in [-0.2, -0.15) is 0 Å². The molecule has 7 heteroatoms. The van der Waals surface area contributed by atoms with E-state index in [0.717, 1.165) is 12.8 Å². The SMILES string of the molecule is CNC(=O)CNC(=O)NCC1CCCC1C(=O)O. The van der Waals surface area contributed by atoms with Crippen molar-refractivity contribution in [1.82, 2.24) is 16.0 Å². The zero-order valence-corrected chi connectivity index (χ0v) is 10.4. The molecule has 2 atom stereocenters. The minimum Gasteiger partial charge on any atom is -0.481 e. The van der Waals surface area contributed by atoms with Gasteiger partial charge in [-0.3, -0.25) is 9.59 Å². The highest BCUT2D eigenvalue weighted by atomic mass is 16.4. The van der Waals surface area contributed by atoms with Crippen molar-refractivity contribution in [3.8, 4) is 0 Å². The first-order valence-electron chi connectivity index (χ1n) is 5.99. The molecule has 0 aromatic carbocycles. The smallest absolute Gasteiger partial charge is 0.315 e. The summed E-state index contributed by atoms with van der Waals surface area (Å²) in [5, 5.41) is 16.3. The van der Waals surface area contributed by atoms with Crippen molar-refractivity contribution in [3.05, 3.63) is 0 Å². The molecule has 102 valence electrons. The van der Waals surface area contributed by atoms with Crippen LogP contribution in [-0.4, -0.2) is 43.2 Å². The molecule has 1 saturated carbocycles. The van der Waals surface area contributed by atoms with E-state index in [-0.39, 0.29) is 24.3 Å². The number of amides is 3. The molecule has 1 fully saturated rings. The summed E-state index contributed by atoms with van der Waals surface area (Å²) in [4.78, 5) is 33.2. The zero-order valence-electron chi connectivity index (χ0n) is 10.4. The molecule has 0 bridgehead atoms. The Labute approximate surface area is 105 Å². The normalized spacial score (nSPS) is 22.3. The van der Waals surface area contributed by atoms with E-state index in [9.17, 15) is 14.4 Å². The van der Waals surface area contributed by atoms with Crippen molar-refractivity contribution in [2.75, 3.05) is 20.1 Å². The lowest BCUT2D eigenvalue weighted by molar-refractivity contribution is -0.142. The summed E-state index contributed by atoms with van der Waals surface area (Å²) < 4.78 is 0. The topological polar surface area (TPSA) is 108 Å². The maximum Gasteiger partial charge on any atom is 0.315 e. The number of carboxylic acid groups (broad SMARTS) is 1. The maximum atomic E-state index is 11.3. The predicted molar refractivity (Wildman–Crippen MR) is 63.9 cm³/mol. The van der Waals surface area contributed by atoms with E-state index in [0.29, 0.717) is 13.0 Å². The molecule has 0 spiro atoms. The molecule has 18 heavy (non-hydrogen) atoms. The van der Waals surface area contributed by atoms with Gasteiger partial charge in [-0.15, -0.1) is 0 Å². The summed E-state index contributed by atoms with van der Waals surface area (Å²) >= 11 is 0. The number of likely N-dealkylation sites (N-methyl/N-ethyl adjacent to an activating group) is 1. The number of carbonyl (C=O) groups excluding carboxylic acids is 2. The molecule has 0 aromatic heterocycles. The Balaban J connectivity index is 2.25. The Morgan fingerprint density at radius 3 is 2.56 bits per heavy atom. The molecule has 7 nitrogen and oxygen atoms in total. The van der Waals surface area contributed by atoms with E-state index in [4.69, 9.17) is 5.11 Å². The molecule has 3 amide bonds. The first-order valence-corrected chi connectivity index (χ1v) is 5.99. The number of hydrogen-bond donors (Lipinski definition) is 4. The largest absolute Gasteiger partial charge is 0.481 e. The Hall–Kier alpha value is -1.79. The van der Waals surface area contributed by atoms with Crippen molar-refractivity contribution in [2.24, 2.45) is 11.8 Å². The van der Waals surface area contributed by atoms with Gasteiger partial charge in [0.25, 0.3) is 0 Å². The van der Waals surface area contributed by atoms with Crippen LogP contribution >= 0.6 is 0 Å². The highest BCUT2D eigenvalue weighted by Crippen LogP contribution is 2.31. The van der Waals surface area contributed by atoms with E-state index < -0.39 is 12.0 Å². The van der Waals surface area contributed by atoms with Crippen molar-refractivity contribution in [2.45, 2.75) is 19.3 Å². The summed E-state index contributed by atoms with van der Waals surface area (Å²) in [6, 6.07) is -0.449. The average molecular weight is 257 g/mol. The monoisotopic (exact) mass is 257 g/mol. The van der Waals surface area contributed by atoms with Crippen LogP contribution in [-0.2, 0) is 9.59 Å². The highest BCUT2D eigenvalue weighted by molar-refractivity contribution is 5.83. The van der Waals surface area contributed by atoms with Gasteiger partial charge < -0.3 is 21.1 Å². The molecule has 1 rings (SSSR count). The van der Waals surface area contributed by atoms with Gasteiger partial charge in [-0.25, -0.2) is 4.79 Å². The first kappa shape index (κ1) is 14.3. The summed E-state index contributed by atoms with van der Waals surface area (Å²) in [5.41, 5.74) is 0. The van der Waals surface area contributed by atoms with Crippen LogP contribution in [0.1, 0.15) is 19.3 Å². The summed E-state index contributed by atoms with van der Waals surface area (Å²) in [7, 11) is 1.48. The first-order chi connectivity index (χ1) is 8.54. The number of rotatable bonds is 5. The van der Waals surface area contributed by atoms with Gasteiger partial charge in [0, 0.05) is 13.6 Å². The van der Waals surface area contributed by atoms with Crippen LogP contribution in [0, 0.1) is 11.8 Å². The van der Waals surface area contributed by atoms with Gasteiger partial charge in [0.1, 0.15) is 0 Å². The number of aliphatic carboxylic acids is 1. The van der Waals surface area contributed by atoms with Gasteiger partial charge in [0.05, 0.1) is 12.5 Å². The average Bonchev–Trinajstić information content (AvgIpc) is 2.81. The molecule has 4 N–H and O–H groups in total. The number of urea groups is 1. The van der Waals surface area contributed by atoms with E-state index in [1.165, 1.54) is 7.05 Å². The predicted octanol–water partition coefficient (Wildman–Crippen LogP) is -0.467. The van der Waals surface area contributed by atoms with Gasteiger partial charge >= 0.3 is 12.0 Å². The molecular weight excluding hydrogens is 238 g/mol. The van der Waals surface area contributed by atoms with Crippen LogP contribution < -0.4 is 16.0 Å². The van der Waals surface area contributed by atoms with E-state index in [2.05, 4.69) is 16.0 Å². The summed E-state index contributed by atoms with van der Waals surface area (Å²) in [6.07, 6.45) is 2.36. The molecule has 1 aliphatic carbocycles. The van der Waals surface area contributed by atoms with Crippen LogP contribution in [0.25, 0.3) is 0 Å². The lowest BCUT2D eigenvalue weighted by atomic mass is 9.96. The van der Waals surface area contributed by atoms with Crippen LogP contribution in [0.2, 0.25) is 0 Å². The molecule has 2 unspecified atom stereocenters. The number of nitrogens with one attached hydrogen (secondary N) is 3. The minimum atomic E-state index is -0.801. The second kappa shape index (κ2) is 6.83. The number of carboxylic acids is 1. The third-order valence-electron chi connectivity index (χ3n) is 3.19. The summed E-state index contributed by atoms with van der Waals surface area (Å²) in [5.74, 6) is -1.48. The molecule has 0 aliphatic heterocycles. The third-order valence-corrected chi connectivity index (χ3v) is 3.19. The van der Waals surface area contributed by atoms with Crippen molar-refractivity contribution >= 4 is 17.9 Å². The Morgan fingerprint density at radius 1 is 1.22 bits per heavy atom. The minimum absolute atomic E-state index is 0.0201. The number of carbonyl (C=O) groups is 3. The second-order valence-electron chi connectivity index (χ2n) is 4.37. The fourth-order valence-corrected chi connectivity index (χ4v) is 2.14. The van der Waals surface area contributed by atoms with Crippen LogP contribution in [0.15, 0.2) is 0 Å². The molecule has 0 heterocycles. The number of hydrogen-bond acceptors (Lipinski definition) is 3. The second-order valence-corrected chi connectivity index (χ2v) is 4.37. The van der Waals surface area contributed by atoms with E-state index >= 15 is 0 Å². The lowest BCUT2D eigenvalue weighted by Crippen LogP contribution is -2.43. The Bertz CT molecular complexity index is 332. The van der Waals surface area contributed by atoms with Crippen molar-refractivity contribution < 1.29 is 19.5 Å². The van der Waals surface area contributed by atoms with Gasteiger partial charge in [0.2, 0.25) is 5.91 Å². The molecule has 1 aliphatic rings. The fraction of sp³-hybridized carbons (Fsp3) is 0.727. The van der Waals surface area contributed by atoms with Gasteiger partial charge in [0.15, 0.2) is 0 Å². The van der Waals surface area contributed by atoms with E-state index in [1.54, 1.807) is 0 Å². The molecule has 0 radical (unpaired) electrons. The maximum absolute atomic E-state index is 11.3. The quantitative estimate of drug-likeness (QED) is 0.534. The lowest BCUT2D eigenvalue weighted by Gasteiger charge is -2.16. The Morgan fingerprint density at radius 2 is 1.94 bits per heavy atom. The van der Waals surface area contributed by atoms with Crippen LogP contribution in [0.3, 0.4) is 0 Å². The molecular formula is C11H19N3O4. The molecule has 0 aromatic rings. The Kier molecular flexibility index (Phi) is 5.41. The standard InChI is InChI=1S/C11H19N3O4/c1-12-9(15)6-14-11(18)13-5-7-3-2-4-8(7)10(16)17/h7-8H,2-6H2,1H3,(H,12,15)(H,16,17)(H2,13,14,18). The highest BCUT2D eigenvalue weighted by Gasteiger charge is 2.32. The van der Waals surface area contributed by atoms with E-state index in [1.807, 2.05) is 0 Å².